The van der Waals surface area contributed by atoms with Gasteiger partial charge in [-0.05, 0) is 30.3 Å². The average molecular weight is 434 g/mol. The SMILES string of the molecule is O=C(C[C@@H]1Sc2ccc(C(F)(F)F)cc2NC1=O)Nc1ccccc1C(F)(F)F. The average Bonchev–Trinajstić information content (AvgIpc) is 2.60. The van der Waals surface area contributed by atoms with Crippen LogP contribution in [-0.4, -0.2) is 17.1 Å². The second-order valence-electron chi connectivity index (χ2n) is 6.10. The van der Waals surface area contributed by atoms with Gasteiger partial charge in [0.05, 0.1) is 27.8 Å². The summed E-state index contributed by atoms with van der Waals surface area (Å²) in [6.07, 6.45) is -9.70. The second-order valence-corrected chi connectivity index (χ2v) is 7.34. The summed E-state index contributed by atoms with van der Waals surface area (Å²) in [6, 6.07) is 7.20. The molecule has 0 fully saturated rings. The van der Waals surface area contributed by atoms with Gasteiger partial charge in [-0.25, -0.2) is 0 Å². The summed E-state index contributed by atoms with van der Waals surface area (Å²) in [4.78, 5) is 24.7. The number of hydrogen-bond acceptors (Lipinski definition) is 3. The van der Waals surface area contributed by atoms with Crippen molar-refractivity contribution in [1.29, 1.82) is 0 Å². The molecule has 11 heteroatoms. The van der Waals surface area contributed by atoms with E-state index in [1.165, 1.54) is 18.2 Å². The molecule has 154 valence electrons. The minimum atomic E-state index is -4.67. The highest BCUT2D eigenvalue weighted by Gasteiger charge is 2.36. The molecule has 3 rings (SSSR count). The molecule has 2 amide bonds. The van der Waals surface area contributed by atoms with Crippen molar-refractivity contribution in [3.05, 3.63) is 53.6 Å². The normalized spacial score (nSPS) is 16.8. The number of hydrogen-bond donors (Lipinski definition) is 2. The zero-order valence-electron chi connectivity index (χ0n) is 14.3. The molecule has 2 aromatic carbocycles. The van der Waals surface area contributed by atoms with Crippen molar-refractivity contribution in [2.75, 3.05) is 10.6 Å². The van der Waals surface area contributed by atoms with Gasteiger partial charge in [-0.15, -0.1) is 11.8 Å². The lowest BCUT2D eigenvalue weighted by Crippen LogP contribution is -2.32. The standard InChI is InChI=1S/C18H12F6N2O2S/c19-17(20,21)9-5-6-13-12(7-9)26-16(28)14(29-13)8-15(27)25-11-4-2-1-3-10(11)18(22,23)24/h1-7,14H,8H2,(H,25,27)(H,26,28)/t14-/m0/s1. The molecule has 1 aliphatic heterocycles. The van der Waals surface area contributed by atoms with E-state index in [1.807, 2.05) is 0 Å². The molecule has 2 aromatic rings. The van der Waals surface area contributed by atoms with Crippen molar-refractivity contribution < 1.29 is 35.9 Å². The fourth-order valence-electron chi connectivity index (χ4n) is 2.67. The molecule has 0 aliphatic carbocycles. The van der Waals surface area contributed by atoms with Crippen molar-refractivity contribution in [3.63, 3.8) is 0 Å². The van der Waals surface area contributed by atoms with E-state index in [0.717, 1.165) is 36.0 Å². The number of alkyl halides is 6. The first-order chi connectivity index (χ1) is 13.4. The monoisotopic (exact) mass is 434 g/mol. The molecule has 4 nitrogen and oxygen atoms in total. The molecular formula is C18H12F6N2O2S. The summed E-state index contributed by atoms with van der Waals surface area (Å²) in [5.74, 6) is -1.54. The molecule has 2 N–H and O–H groups in total. The number of fused-ring (bicyclic) bond motifs is 1. The second kappa shape index (κ2) is 7.62. The van der Waals surface area contributed by atoms with Crippen molar-refractivity contribution in [2.24, 2.45) is 0 Å². The quantitative estimate of drug-likeness (QED) is 0.656. The van der Waals surface area contributed by atoms with Crippen LogP contribution in [0.25, 0.3) is 0 Å². The Labute approximate surface area is 164 Å². The predicted molar refractivity (Wildman–Crippen MR) is 94.4 cm³/mol. The third kappa shape index (κ3) is 4.84. The summed E-state index contributed by atoms with van der Waals surface area (Å²) in [7, 11) is 0. The summed E-state index contributed by atoms with van der Waals surface area (Å²) in [5, 5.41) is 3.44. The molecule has 0 aromatic heterocycles. The Kier molecular flexibility index (Phi) is 5.52. The van der Waals surface area contributed by atoms with Gasteiger partial charge < -0.3 is 10.6 Å². The Morgan fingerprint density at radius 1 is 1.03 bits per heavy atom. The zero-order valence-corrected chi connectivity index (χ0v) is 15.1. The van der Waals surface area contributed by atoms with Crippen LogP contribution < -0.4 is 10.6 Å². The van der Waals surface area contributed by atoms with Crippen LogP contribution in [0.2, 0.25) is 0 Å². The molecule has 0 saturated carbocycles. The van der Waals surface area contributed by atoms with Crippen LogP contribution in [0.15, 0.2) is 47.4 Å². The number of halogens is 6. The van der Waals surface area contributed by atoms with Gasteiger partial charge in [-0.2, -0.15) is 26.3 Å². The van der Waals surface area contributed by atoms with Crippen molar-refractivity contribution in [3.8, 4) is 0 Å². The summed E-state index contributed by atoms with van der Waals surface area (Å²) in [6.45, 7) is 0. The fourth-order valence-corrected chi connectivity index (χ4v) is 3.76. The van der Waals surface area contributed by atoms with Crippen molar-refractivity contribution in [1.82, 2.24) is 0 Å². The van der Waals surface area contributed by atoms with Gasteiger partial charge in [0.1, 0.15) is 0 Å². The Morgan fingerprint density at radius 3 is 2.38 bits per heavy atom. The number of carbonyl (C=O) groups is 2. The van der Waals surface area contributed by atoms with E-state index in [9.17, 15) is 35.9 Å². The van der Waals surface area contributed by atoms with Crippen LogP contribution in [0.3, 0.4) is 0 Å². The van der Waals surface area contributed by atoms with Crippen LogP contribution >= 0.6 is 11.8 Å². The van der Waals surface area contributed by atoms with Crippen LogP contribution in [0.5, 0.6) is 0 Å². The number of anilines is 2. The minimum Gasteiger partial charge on any atom is -0.325 e. The van der Waals surface area contributed by atoms with E-state index in [4.69, 9.17) is 0 Å². The molecule has 0 spiro atoms. The highest BCUT2D eigenvalue weighted by molar-refractivity contribution is 8.01. The van der Waals surface area contributed by atoms with Gasteiger partial charge in [0.25, 0.3) is 0 Å². The lowest BCUT2D eigenvalue weighted by molar-refractivity contribution is -0.138. The molecular weight excluding hydrogens is 422 g/mol. The molecule has 1 heterocycles. The van der Waals surface area contributed by atoms with Crippen LogP contribution in [-0.2, 0) is 21.9 Å². The molecule has 29 heavy (non-hydrogen) atoms. The van der Waals surface area contributed by atoms with Gasteiger partial charge in [-0.3, -0.25) is 9.59 Å². The molecule has 0 bridgehead atoms. The third-order valence-electron chi connectivity index (χ3n) is 4.00. The number of nitrogens with one attached hydrogen (secondary N) is 2. The maximum absolute atomic E-state index is 13.0. The lowest BCUT2D eigenvalue weighted by atomic mass is 10.1. The molecule has 0 radical (unpaired) electrons. The highest BCUT2D eigenvalue weighted by atomic mass is 32.2. The van der Waals surface area contributed by atoms with E-state index in [2.05, 4.69) is 10.6 Å². The van der Waals surface area contributed by atoms with Crippen molar-refractivity contribution >= 4 is 35.0 Å². The first-order valence-electron chi connectivity index (χ1n) is 8.10. The van der Waals surface area contributed by atoms with Crippen LogP contribution in [0, 0.1) is 0 Å². The number of rotatable bonds is 3. The minimum absolute atomic E-state index is 0.0334. The molecule has 1 atom stereocenters. The van der Waals surface area contributed by atoms with Gasteiger partial charge in [0.2, 0.25) is 11.8 Å². The summed E-state index contributed by atoms with van der Waals surface area (Å²) in [5.41, 5.74) is -2.44. The molecule has 0 unspecified atom stereocenters. The van der Waals surface area contributed by atoms with Crippen LogP contribution in [0.1, 0.15) is 17.5 Å². The Bertz CT molecular complexity index is 958. The van der Waals surface area contributed by atoms with Gasteiger partial charge in [0, 0.05) is 11.3 Å². The zero-order chi connectivity index (χ0) is 21.4. The van der Waals surface area contributed by atoms with E-state index < -0.39 is 52.7 Å². The Morgan fingerprint density at radius 2 is 1.72 bits per heavy atom. The fraction of sp³-hybridized carbons (Fsp3) is 0.222. The maximum atomic E-state index is 13.0. The Hall–Kier alpha value is -2.69. The topological polar surface area (TPSA) is 58.2 Å². The van der Waals surface area contributed by atoms with E-state index in [1.54, 1.807) is 0 Å². The molecule has 1 aliphatic rings. The predicted octanol–water partition coefficient (Wildman–Crippen LogP) is 5.17. The summed E-state index contributed by atoms with van der Waals surface area (Å²) < 4.78 is 77.3. The Balaban J connectivity index is 1.72. The number of para-hydroxylation sites is 1. The van der Waals surface area contributed by atoms with Gasteiger partial charge >= 0.3 is 12.4 Å². The highest BCUT2D eigenvalue weighted by Crippen LogP contribution is 2.41. The molecule has 0 saturated heterocycles. The number of carbonyl (C=O) groups excluding carboxylic acids is 2. The van der Waals surface area contributed by atoms with Crippen molar-refractivity contribution in [2.45, 2.75) is 28.9 Å². The maximum Gasteiger partial charge on any atom is 0.418 e. The van der Waals surface area contributed by atoms with E-state index in [-0.39, 0.29) is 5.69 Å². The number of benzene rings is 2. The smallest absolute Gasteiger partial charge is 0.325 e. The van der Waals surface area contributed by atoms with Crippen LogP contribution in [0.4, 0.5) is 37.7 Å². The largest absolute Gasteiger partial charge is 0.418 e. The number of thioether (sulfide) groups is 1. The summed E-state index contributed by atoms with van der Waals surface area (Å²) >= 11 is 0.871. The third-order valence-corrected chi connectivity index (χ3v) is 5.28. The number of amides is 2. The van der Waals surface area contributed by atoms with E-state index in [0.29, 0.717) is 4.90 Å². The first kappa shape index (κ1) is 21.0. The van der Waals surface area contributed by atoms with Gasteiger partial charge in [-0.1, -0.05) is 12.1 Å². The lowest BCUT2D eigenvalue weighted by Gasteiger charge is -2.24. The van der Waals surface area contributed by atoms with Gasteiger partial charge in [0.15, 0.2) is 0 Å². The van der Waals surface area contributed by atoms with E-state index >= 15 is 0 Å². The first-order valence-corrected chi connectivity index (χ1v) is 8.98.